The van der Waals surface area contributed by atoms with Gasteiger partial charge in [0.25, 0.3) is 0 Å². The van der Waals surface area contributed by atoms with E-state index in [0.717, 1.165) is 51.3 Å². The minimum atomic E-state index is 0.410. The molecule has 0 amide bonds. The van der Waals surface area contributed by atoms with Crippen LogP contribution in [0, 0.1) is 0 Å². The quantitative estimate of drug-likeness (QED) is 0.906. The molecule has 2 fully saturated rings. The Morgan fingerprint density at radius 2 is 1.95 bits per heavy atom. The fraction of sp³-hybridized carbons (Fsp3) is 0.714. The first-order chi connectivity index (χ1) is 9.70. The molecule has 20 heavy (non-hydrogen) atoms. The number of nitrogens with two attached hydrogens (primary N) is 1. The van der Waals surface area contributed by atoms with Gasteiger partial charge in [0.2, 0.25) is 0 Å². The molecule has 0 bridgehead atoms. The average molecular weight is 296 g/mol. The highest BCUT2D eigenvalue weighted by molar-refractivity contribution is 6.29. The van der Waals surface area contributed by atoms with Crippen LogP contribution in [0.2, 0.25) is 5.15 Å². The minimum absolute atomic E-state index is 0.410. The zero-order valence-electron chi connectivity index (χ0n) is 11.7. The molecule has 2 aliphatic rings. The molecule has 1 aromatic rings. The smallest absolute Gasteiger partial charge is 0.147 e. The zero-order valence-corrected chi connectivity index (χ0v) is 12.5. The zero-order chi connectivity index (χ0) is 13.9. The molecule has 1 unspecified atom stereocenters. The van der Waals surface area contributed by atoms with Crippen LogP contribution in [0.3, 0.4) is 0 Å². The van der Waals surface area contributed by atoms with Crippen LogP contribution in [0.1, 0.15) is 25.0 Å². The van der Waals surface area contributed by atoms with Gasteiger partial charge in [-0.25, -0.2) is 4.98 Å². The molecule has 1 aromatic heterocycles. The van der Waals surface area contributed by atoms with E-state index < -0.39 is 0 Å². The number of aromatic nitrogens is 2. The van der Waals surface area contributed by atoms with Crippen LogP contribution in [-0.4, -0.2) is 58.0 Å². The Bertz CT molecular complexity index is 430. The Hall–Kier alpha value is -0.750. The monoisotopic (exact) mass is 295 g/mol. The first-order valence-electron chi connectivity index (χ1n) is 7.39. The van der Waals surface area contributed by atoms with Gasteiger partial charge in [-0.2, -0.15) is 0 Å². The number of piperidine rings is 1. The Labute approximate surface area is 125 Å². The predicted octanol–water partition coefficient (Wildman–Crippen LogP) is 1.13. The highest BCUT2D eigenvalue weighted by Crippen LogP contribution is 2.21. The van der Waals surface area contributed by atoms with Gasteiger partial charge in [0, 0.05) is 31.7 Å². The van der Waals surface area contributed by atoms with Crippen LogP contribution in [0.25, 0.3) is 0 Å². The molecule has 2 N–H and O–H groups in total. The van der Waals surface area contributed by atoms with Crippen molar-refractivity contribution in [2.24, 2.45) is 5.73 Å². The minimum Gasteiger partial charge on any atom is -0.328 e. The maximum atomic E-state index is 5.97. The van der Waals surface area contributed by atoms with Gasteiger partial charge in [-0.1, -0.05) is 11.6 Å². The fourth-order valence-corrected chi connectivity index (χ4v) is 3.29. The molecule has 3 heterocycles. The van der Waals surface area contributed by atoms with E-state index in [4.69, 9.17) is 17.3 Å². The molecule has 2 saturated heterocycles. The topological polar surface area (TPSA) is 58.3 Å². The van der Waals surface area contributed by atoms with E-state index in [2.05, 4.69) is 19.8 Å². The lowest BCUT2D eigenvalue weighted by Crippen LogP contribution is -2.46. The summed E-state index contributed by atoms with van der Waals surface area (Å²) in [6, 6.07) is 1.09. The first kappa shape index (κ1) is 14.2. The highest BCUT2D eigenvalue weighted by atomic mass is 35.5. The van der Waals surface area contributed by atoms with Gasteiger partial charge < -0.3 is 5.73 Å². The molecule has 0 saturated carbocycles. The predicted molar refractivity (Wildman–Crippen MR) is 79.5 cm³/mol. The number of likely N-dealkylation sites (tertiary alicyclic amines) is 2. The third kappa shape index (κ3) is 3.47. The van der Waals surface area contributed by atoms with Crippen LogP contribution in [0.15, 0.2) is 12.4 Å². The molecular formula is C14H22ClN5. The van der Waals surface area contributed by atoms with Crippen LogP contribution in [-0.2, 0) is 6.54 Å². The first-order valence-corrected chi connectivity index (χ1v) is 7.77. The van der Waals surface area contributed by atoms with Crippen molar-refractivity contribution in [3.63, 3.8) is 0 Å². The summed E-state index contributed by atoms with van der Waals surface area (Å²) in [6.07, 6.45) is 6.92. The van der Waals surface area contributed by atoms with Gasteiger partial charge in [0.1, 0.15) is 5.15 Å². The van der Waals surface area contributed by atoms with Gasteiger partial charge in [0.05, 0.1) is 18.1 Å². The van der Waals surface area contributed by atoms with Crippen molar-refractivity contribution in [3.05, 3.63) is 23.2 Å². The van der Waals surface area contributed by atoms with Crippen LogP contribution in [0.5, 0.6) is 0 Å². The number of halogens is 1. The number of hydrogen-bond donors (Lipinski definition) is 1. The van der Waals surface area contributed by atoms with Gasteiger partial charge in [-0.15, -0.1) is 0 Å². The van der Waals surface area contributed by atoms with E-state index in [-0.39, 0.29) is 0 Å². The standard InChI is InChI=1S/C14H22ClN5/c15-14-8-17-12(7-18-14)9-19-4-3-13(10-19)20-5-1-11(16)2-6-20/h7-8,11,13H,1-6,9-10,16H2. The Morgan fingerprint density at radius 1 is 1.15 bits per heavy atom. The second kappa shape index (κ2) is 6.35. The summed E-state index contributed by atoms with van der Waals surface area (Å²) in [6.45, 7) is 5.44. The largest absolute Gasteiger partial charge is 0.328 e. The maximum absolute atomic E-state index is 5.97. The molecular weight excluding hydrogens is 274 g/mol. The number of nitrogens with zero attached hydrogens (tertiary/aromatic N) is 4. The van der Waals surface area contributed by atoms with E-state index in [0.29, 0.717) is 17.2 Å². The van der Waals surface area contributed by atoms with Crippen LogP contribution in [0.4, 0.5) is 0 Å². The summed E-state index contributed by atoms with van der Waals surface area (Å²) < 4.78 is 0. The van der Waals surface area contributed by atoms with Gasteiger partial charge >= 0.3 is 0 Å². The Morgan fingerprint density at radius 3 is 2.65 bits per heavy atom. The third-order valence-corrected chi connectivity index (χ3v) is 4.59. The fourth-order valence-electron chi connectivity index (χ4n) is 3.19. The Balaban J connectivity index is 1.50. The molecule has 5 nitrogen and oxygen atoms in total. The Kier molecular flexibility index (Phi) is 4.51. The van der Waals surface area contributed by atoms with Crippen molar-refractivity contribution < 1.29 is 0 Å². The van der Waals surface area contributed by atoms with E-state index in [1.165, 1.54) is 6.42 Å². The van der Waals surface area contributed by atoms with E-state index in [9.17, 15) is 0 Å². The lowest BCUT2D eigenvalue weighted by atomic mass is 10.0. The normalized spacial score (nSPS) is 26.2. The van der Waals surface area contributed by atoms with Crippen molar-refractivity contribution in [2.75, 3.05) is 26.2 Å². The summed E-state index contributed by atoms with van der Waals surface area (Å²) in [4.78, 5) is 13.5. The van der Waals surface area contributed by atoms with Crippen molar-refractivity contribution >= 4 is 11.6 Å². The third-order valence-electron chi connectivity index (χ3n) is 4.40. The van der Waals surface area contributed by atoms with Crippen LogP contribution < -0.4 is 5.73 Å². The van der Waals surface area contributed by atoms with Crippen molar-refractivity contribution in [2.45, 2.75) is 37.9 Å². The maximum Gasteiger partial charge on any atom is 0.147 e. The van der Waals surface area contributed by atoms with Gasteiger partial charge in [-0.3, -0.25) is 14.8 Å². The molecule has 0 aromatic carbocycles. The molecule has 2 aliphatic heterocycles. The molecule has 110 valence electrons. The lowest BCUT2D eigenvalue weighted by Gasteiger charge is -2.34. The average Bonchev–Trinajstić information content (AvgIpc) is 2.91. The van der Waals surface area contributed by atoms with E-state index in [1.54, 1.807) is 12.4 Å². The van der Waals surface area contributed by atoms with Crippen molar-refractivity contribution in [3.8, 4) is 0 Å². The second-order valence-corrected chi connectivity index (χ2v) is 6.27. The number of hydrogen-bond acceptors (Lipinski definition) is 5. The lowest BCUT2D eigenvalue weighted by molar-refractivity contribution is 0.151. The van der Waals surface area contributed by atoms with Crippen molar-refractivity contribution in [1.29, 1.82) is 0 Å². The van der Waals surface area contributed by atoms with Gasteiger partial charge in [-0.05, 0) is 32.4 Å². The van der Waals surface area contributed by atoms with E-state index >= 15 is 0 Å². The molecule has 0 spiro atoms. The second-order valence-electron chi connectivity index (χ2n) is 5.88. The molecule has 0 aliphatic carbocycles. The molecule has 6 heteroatoms. The summed E-state index contributed by atoms with van der Waals surface area (Å²) in [5.74, 6) is 0. The van der Waals surface area contributed by atoms with Crippen molar-refractivity contribution in [1.82, 2.24) is 19.8 Å². The SMILES string of the molecule is NC1CCN(C2CCN(Cc3cnc(Cl)cn3)C2)CC1. The van der Waals surface area contributed by atoms with Crippen LogP contribution >= 0.6 is 11.6 Å². The summed E-state index contributed by atoms with van der Waals surface area (Å²) >= 11 is 5.76. The summed E-state index contributed by atoms with van der Waals surface area (Å²) in [5, 5.41) is 0.456. The molecule has 3 rings (SSSR count). The molecule has 1 atom stereocenters. The summed E-state index contributed by atoms with van der Waals surface area (Å²) in [7, 11) is 0. The van der Waals surface area contributed by atoms with E-state index in [1.807, 2.05) is 0 Å². The highest BCUT2D eigenvalue weighted by Gasteiger charge is 2.29. The summed E-state index contributed by atoms with van der Waals surface area (Å²) in [5.41, 5.74) is 6.97. The molecule has 0 radical (unpaired) electrons. The number of rotatable bonds is 3. The van der Waals surface area contributed by atoms with Gasteiger partial charge in [0.15, 0.2) is 0 Å².